The summed E-state index contributed by atoms with van der Waals surface area (Å²) in [5.74, 6) is 1.82. The van der Waals surface area contributed by atoms with Gasteiger partial charge in [-0.15, -0.1) is 0 Å². The molecule has 0 aromatic carbocycles. The first-order valence-corrected chi connectivity index (χ1v) is 22.7. The third-order valence-corrected chi connectivity index (χ3v) is 11.0. The molecule has 0 bridgehead atoms. The highest BCUT2D eigenvalue weighted by atomic mass is 16.5. The van der Waals surface area contributed by atoms with E-state index in [0.717, 1.165) is 57.4 Å². The highest BCUT2D eigenvalue weighted by Gasteiger charge is 2.11. The van der Waals surface area contributed by atoms with E-state index in [9.17, 15) is 9.59 Å². The van der Waals surface area contributed by atoms with Crippen molar-refractivity contribution in [1.29, 1.82) is 0 Å². The quantitative estimate of drug-likeness (QED) is 0.0357. The summed E-state index contributed by atoms with van der Waals surface area (Å²) >= 11 is 0. The van der Waals surface area contributed by atoms with Gasteiger partial charge >= 0.3 is 11.9 Å². The van der Waals surface area contributed by atoms with Crippen LogP contribution >= 0.6 is 0 Å². The number of carbonyl (C=O) groups excluding carboxylic acids is 2. The zero-order valence-corrected chi connectivity index (χ0v) is 35.9. The van der Waals surface area contributed by atoms with Crippen LogP contribution in [-0.4, -0.2) is 50.2 Å². The van der Waals surface area contributed by atoms with E-state index in [2.05, 4.69) is 63.4 Å². The minimum Gasteiger partial charge on any atom is -0.466 e. The van der Waals surface area contributed by atoms with Crippen LogP contribution in [0.1, 0.15) is 214 Å². The number of allylic oxidation sites excluding steroid dienone is 1. The van der Waals surface area contributed by atoms with Gasteiger partial charge in [0.2, 0.25) is 0 Å². The van der Waals surface area contributed by atoms with Crippen molar-refractivity contribution in [2.45, 2.75) is 214 Å². The van der Waals surface area contributed by atoms with E-state index in [1.807, 2.05) is 6.08 Å². The lowest BCUT2D eigenvalue weighted by Crippen LogP contribution is -2.21. The maximum absolute atomic E-state index is 12.3. The van der Waals surface area contributed by atoms with Crippen molar-refractivity contribution in [3.8, 4) is 0 Å². The summed E-state index contributed by atoms with van der Waals surface area (Å²) in [6, 6.07) is 0. The number of hydrogen-bond donors (Lipinski definition) is 0. The van der Waals surface area contributed by atoms with E-state index < -0.39 is 0 Å². The van der Waals surface area contributed by atoms with Gasteiger partial charge in [-0.1, -0.05) is 174 Å². The Balaban J connectivity index is 3.98. The van der Waals surface area contributed by atoms with Crippen LogP contribution in [0.4, 0.5) is 0 Å². The number of unbranched alkanes of at least 4 members (excludes halogenated alkanes) is 16. The number of ether oxygens (including phenoxy) is 2. The first kappa shape index (κ1) is 51.0. The molecule has 0 amide bonds. The lowest BCUT2D eigenvalue weighted by molar-refractivity contribution is -0.145. The SMILES string of the molecule is C=C=C=C=CC(CCCCC)CCOC(=O)CCCCCCCCCC(CCCCCCCCCC(=O)OCCC(C)CCCCC)CCN(C)CC. The molecule has 0 saturated carbocycles. The molecule has 3 unspecified atom stereocenters. The third-order valence-electron chi connectivity index (χ3n) is 11.0. The highest BCUT2D eigenvalue weighted by molar-refractivity contribution is 5.69. The molecule has 0 aliphatic heterocycles. The largest absolute Gasteiger partial charge is 0.466 e. The molecule has 53 heavy (non-hydrogen) atoms. The molecule has 0 aliphatic rings. The van der Waals surface area contributed by atoms with E-state index >= 15 is 0 Å². The predicted octanol–water partition coefficient (Wildman–Crippen LogP) is 13.9. The van der Waals surface area contributed by atoms with Gasteiger partial charge in [0.05, 0.1) is 13.2 Å². The smallest absolute Gasteiger partial charge is 0.305 e. The van der Waals surface area contributed by atoms with Crippen molar-refractivity contribution in [3.05, 3.63) is 29.8 Å². The summed E-state index contributed by atoms with van der Waals surface area (Å²) in [4.78, 5) is 26.8. The molecule has 0 saturated heterocycles. The van der Waals surface area contributed by atoms with E-state index in [0.29, 0.717) is 37.9 Å². The van der Waals surface area contributed by atoms with Crippen LogP contribution in [-0.2, 0) is 19.1 Å². The number of nitrogens with zero attached hydrogens (tertiary/aromatic N) is 1. The molecule has 5 nitrogen and oxygen atoms in total. The Labute approximate surface area is 329 Å². The van der Waals surface area contributed by atoms with Gasteiger partial charge in [-0.05, 0) is 94.8 Å². The summed E-state index contributed by atoms with van der Waals surface area (Å²) in [7, 11) is 2.25. The number of hydrogen-bond acceptors (Lipinski definition) is 5. The molecule has 0 spiro atoms. The van der Waals surface area contributed by atoms with Crippen molar-refractivity contribution in [1.82, 2.24) is 4.90 Å². The fraction of sp³-hybridized carbons (Fsp3) is 0.854. The Hall–Kier alpha value is -2.02. The highest BCUT2D eigenvalue weighted by Crippen LogP contribution is 2.23. The molecule has 308 valence electrons. The first-order chi connectivity index (χ1) is 25.9. The van der Waals surface area contributed by atoms with Crippen LogP contribution in [0.2, 0.25) is 0 Å². The summed E-state index contributed by atoms with van der Waals surface area (Å²) in [6.07, 6.45) is 36.1. The Morgan fingerprint density at radius 3 is 1.58 bits per heavy atom. The predicted molar refractivity (Wildman–Crippen MR) is 227 cm³/mol. The number of rotatable bonds is 39. The molecule has 0 N–H and O–H groups in total. The van der Waals surface area contributed by atoms with E-state index in [4.69, 9.17) is 9.47 Å². The molecule has 3 atom stereocenters. The van der Waals surface area contributed by atoms with E-state index in [1.54, 1.807) is 0 Å². The standard InChI is InChI=1S/C48H87NO4/c1-7-11-24-31-44(5)39-42-52-47(50)36-29-22-18-14-16-20-27-34-45(38-41-49(6)10-4)35-28-21-17-15-19-23-30-37-48(51)53-43-40-46(32-25-12-8-2)33-26-13-9-3/h32,44-46H,2,7,9-11,13-24,26-31,33-43H2,1,3-6H3. The maximum Gasteiger partial charge on any atom is 0.305 e. The monoisotopic (exact) mass is 742 g/mol. The lowest BCUT2D eigenvalue weighted by atomic mass is 9.91. The van der Waals surface area contributed by atoms with Gasteiger partial charge in [-0.2, -0.15) is 0 Å². The molecule has 0 aliphatic carbocycles. The van der Waals surface area contributed by atoms with Crippen molar-refractivity contribution in [2.75, 3.05) is 33.4 Å². The maximum atomic E-state index is 12.3. The van der Waals surface area contributed by atoms with E-state index in [1.165, 1.54) is 135 Å². The molecule has 0 aromatic heterocycles. The average molecular weight is 742 g/mol. The zero-order valence-electron chi connectivity index (χ0n) is 35.9. The molecule has 0 heterocycles. The second-order valence-corrected chi connectivity index (χ2v) is 16.1. The average Bonchev–Trinajstić information content (AvgIpc) is 3.15. The van der Waals surface area contributed by atoms with Gasteiger partial charge in [-0.3, -0.25) is 9.59 Å². The van der Waals surface area contributed by atoms with Crippen molar-refractivity contribution in [2.24, 2.45) is 17.8 Å². The van der Waals surface area contributed by atoms with Crippen LogP contribution in [0.3, 0.4) is 0 Å². The minimum atomic E-state index is -0.0508. The van der Waals surface area contributed by atoms with Crippen LogP contribution in [0.5, 0.6) is 0 Å². The molecule has 5 heteroatoms. The van der Waals surface area contributed by atoms with Crippen LogP contribution < -0.4 is 0 Å². The summed E-state index contributed by atoms with van der Waals surface area (Å²) in [6.45, 7) is 15.9. The normalized spacial score (nSPS) is 12.8. The fourth-order valence-corrected chi connectivity index (χ4v) is 7.07. The van der Waals surface area contributed by atoms with Gasteiger partial charge < -0.3 is 14.4 Å². The van der Waals surface area contributed by atoms with Crippen LogP contribution in [0.15, 0.2) is 29.8 Å². The Morgan fingerprint density at radius 2 is 1.08 bits per heavy atom. The minimum absolute atomic E-state index is 0.00182. The zero-order chi connectivity index (χ0) is 39.0. The van der Waals surface area contributed by atoms with Gasteiger partial charge in [0.1, 0.15) is 0 Å². The molecular formula is C48H87NO4. The third kappa shape index (κ3) is 36.7. The van der Waals surface area contributed by atoms with Gasteiger partial charge in [0, 0.05) is 12.8 Å². The number of esters is 2. The molecule has 0 aromatic rings. The van der Waals surface area contributed by atoms with Crippen molar-refractivity contribution < 1.29 is 19.1 Å². The second-order valence-electron chi connectivity index (χ2n) is 16.1. The van der Waals surface area contributed by atoms with Crippen molar-refractivity contribution in [3.63, 3.8) is 0 Å². The Kier molecular flexibility index (Phi) is 38.2. The number of carbonyl (C=O) groups is 2. The molecule has 0 fully saturated rings. The Bertz CT molecular complexity index is 959. The fourth-order valence-electron chi connectivity index (χ4n) is 7.07. The van der Waals surface area contributed by atoms with Gasteiger partial charge in [0.15, 0.2) is 0 Å². The molecule has 0 rings (SSSR count). The van der Waals surface area contributed by atoms with E-state index in [-0.39, 0.29) is 11.9 Å². The topological polar surface area (TPSA) is 55.8 Å². The van der Waals surface area contributed by atoms with Crippen LogP contribution in [0.25, 0.3) is 0 Å². The first-order valence-electron chi connectivity index (χ1n) is 22.7. The van der Waals surface area contributed by atoms with Gasteiger partial charge in [0.25, 0.3) is 0 Å². The summed E-state index contributed by atoms with van der Waals surface area (Å²) in [5, 5.41) is 0. The Morgan fingerprint density at radius 1 is 0.604 bits per heavy atom. The summed E-state index contributed by atoms with van der Waals surface area (Å²) < 4.78 is 11.0. The lowest BCUT2D eigenvalue weighted by Gasteiger charge is -2.21. The molecule has 0 radical (unpaired) electrons. The molecular weight excluding hydrogens is 655 g/mol. The van der Waals surface area contributed by atoms with Gasteiger partial charge in [-0.25, -0.2) is 0 Å². The van der Waals surface area contributed by atoms with Crippen molar-refractivity contribution >= 4 is 11.9 Å². The summed E-state index contributed by atoms with van der Waals surface area (Å²) in [5.41, 5.74) is 8.41. The van der Waals surface area contributed by atoms with Crippen LogP contribution in [0, 0.1) is 17.8 Å². The second kappa shape index (κ2) is 39.7.